The summed E-state index contributed by atoms with van der Waals surface area (Å²) in [5.41, 5.74) is 0.00165. The Kier molecular flexibility index (Phi) is 9.18. The molecule has 178 valence electrons. The normalized spacial score (nSPS) is 12.3. The minimum Gasteiger partial charge on any atom is -0.463 e. The molecule has 1 atom stereocenters. The summed E-state index contributed by atoms with van der Waals surface area (Å²) in [6.07, 6.45) is 3.21. The molecular weight excluding hydrogens is 416 g/mol. The van der Waals surface area contributed by atoms with Crippen LogP contribution in [0.1, 0.15) is 39.0 Å². The van der Waals surface area contributed by atoms with Gasteiger partial charge in [0.25, 0.3) is 5.56 Å². The van der Waals surface area contributed by atoms with E-state index in [2.05, 4.69) is 10.3 Å². The lowest BCUT2D eigenvalue weighted by atomic mass is 10.1. The molecule has 2 rings (SSSR count). The summed E-state index contributed by atoms with van der Waals surface area (Å²) in [7, 11) is 7.15. The molecule has 0 radical (unpaired) electrons. The number of unbranched alkanes of at least 4 members (excludes halogenated alkanes) is 1. The molecule has 1 unspecified atom stereocenters. The summed E-state index contributed by atoms with van der Waals surface area (Å²) >= 11 is 0. The molecule has 0 bridgehead atoms. The van der Waals surface area contributed by atoms with Gasteiger partial charge in [0.15, 0.2) is 11.2 Å². The van der Waals surface area contributed by atoms with Gasteiger partial charge in [-0.05, 0) is 40.3 Å². The van der Waals surface area contributed by atoms with E-state index in [1.54, 1.807) is 25.6 Å². The largest absolute Gasteiger partial charge is 0.463 e. The van der Waals surface area contributed by atoms with Crippen LogP contribution in [-0.2, 0) is 35.0 Å². The van der Waals surface area contributed by atoms with E-state index in [0.717, 1.165) is 6.54 Å². The Labute approximate surface area is 187 Å². The summed E-state index contributed by atoms with van der Waals surface area (Å²) in [5, 5.41) is 2.76. The number of nitrogens with one attached hydrogen (secondary N) is 1. The zero-order valence-corrected chi connectivity index (χ0v) is 19.6. The smallest absolute Gasteiger partial charge is 0.332 e. The second kappa shape index (κ2) is 11.6. The quantitative estimate of drug-likeness (QED) is 0.357. The molecule has 0 saturated carbocycles. The first-order valence-electron chi connectivity index (χ1n) is 10.8. The second-order valence-electron chi connectivity index (χ2n) is 8.28. The van der Waals surface area contributed by atoms with E-state index in [1.807, 2.05) is 19.0 Å². The molecule has 32 heavy (non-hydrogen) atoms. The van der Waals surface area contributed by atoms with Crippen molar-refractivity contribution in [2.24, 2.45) is 14.1 Å². The summed E-state index contributed by atoms with van der Waals surface area (Å²) < 4.78 is 9.55. The molecule has 0 aliphatic carbocycles. The number of rotatable bonds is 12. The second-order valence-corrected chi connectivity index (χ2v) is 8.28. The van der Waals surface area contributed by atoms with Crippen LogP contribution in [0.3, 0.4) is 0 Å². The van der Waals surface area contributed by atoms with Gasteiger partial charge in [-0.2, -0.15) is 0 Å². The van der Waals surface area contributed by atoms with Crippen LogP contribution in [0.2, 0.25) is 0 Å². The highest BCUT2D eigenvalue weighted by Gasteiger charge is 2.15. The molecule has 0 aliphatic heterocycles. The number of nitrogens with zero attached hydrogens (tertiary/aromatic N) is 5. The highest BCUT2D eigenvalue weighted by atomic mass is 16.5. The van der Waals surface area contributed by atoms with Crippen LogP contribution in [0, 0.1) is 0 Å². The first-order chi connectivity index (χ1) is 15.1. The fourth-order valence-electron chi connectivity index (χ4n) is 3.36. The van der Waals surface area contributed by atoms with E-state index in [4.69, 9.17) is 4.74 Å². The number of aromatic nitrogens is 4. The average Bonchev–Trinajstić information content (AvgIpc) is 3.11. The van der Waals surface area contributed by atoms with Gasteiger partial charge in [-0.15, -0.1) is 0 Å². The van der Waals surface area contributed by atoms with Crippen LogP contribution < -0.4 is 16.6 Å². The Morgan fingerprint density at radius 1 is 1.19 bits per heavy atom. The van der Waals surface area contributed by atoms with E-state index >= 15 is 0 Å². The van der Waals surface area contributed by atoms with Crippen molar-refractivity contribution in [3.8, 4) is 0 Å². The maximum Gasteiger partial charge on any atom is 0.332 e. The highest BCUT2D eigenvalue weighted by Crippen LogP contribution is 2.08. The van der Waals surface area contributed by atoms with Gasteiger partial charge < -0.3 is 19.5 Å². The van der Waals surface area contributed by atoms with Crippen LogP contribution in [-0.4, -0.2) is 68.8 Å². The molecule has 0 aliphatic rings. The van der Waals surface area contributed by atoms with Crippen molar-refractivity contribution >= 4 is 23.0 Å². The van der Waals surface area contributed by atoms with Crippen LogP contribution in [0.4, 0.5) is 0 Å². The standard InChI is InChI=1S/C21H34N6O5/c1-15(32-17(29)10-9-16(28)22-11-13-24(2)3)8-6-7-12-27-20(30)18-19(23-14-25(18)4)26(5)21(27)31/h14-15H,6-13H2,1-5H3,(H,22,28). The van der Waals surface area contributed by atoms with Crippen molar-refractivity contribution in [1.82, 2.24) is 28.9 Å². The van der Waals surface area contributed by atoms with Gasteiger partial charge in [-0.25, -0.2) is 9.78 Å². The molecule has 1 N–H and O–H groups in total. The number of ether oxygens (including phenoxy) is 1. The summed E-state index contributed by atoms with van der Waals surface area (Å²) in [6, 6.07) is 0. The van der Waals surface area contributed by atoms with Gasteiger partial charge in [-0.3, -0.25) is 23.5 Å². The Morgan fingerprint density at radius 2 is 1.91 bits per heavy atom. The van der Waals surface area contributed by atoms with Crippen LogP contribution in [0.25, 0.3) is 11.2 Å². The number of imidazole rings is 1. The van der Waals surface area contributed by atoms with Crippen LogP contribution >= 0.6 is 0 Å². The third kappa shape index (κ3) is 6.78. The molecule has 0 spiro atoms. The Morgan fingerprint density at radius 3 is 2.59 bits per heavy atom. The molecule has 1 amide bonds. The average molecular weight is 451 g/mol. The highest BCUT2D eigenvalue weighted by molar-refractivity contribution is 5.81. The summed E-state index contributed by atoms with van der Waals surface area (Å²) in [5.74, 6) is -0.583. The lowest BCUT2D eigenvalue weighted by Gasteiger charge is -2.14. The molecule has 11 nitrogen and oxygen atoms in total. The SMILES string of the molecule is CC(CCCCn1c(=O)c2c(ncn2C)n(C)c1=O)OC(=O)CCC(=O)NCCN(C)C. The van der Waals surface area contributed by atoms with E-state index < -0.39 is 11.7 Å². The van der Waals surface area contributed by atoms with E-state index in [0.29, 0.717) is 37.0 Å². The van der Waals surface area contributed by atoms with Gasteiger partial charge in [0, 0.05) is 40.2 Å². The monoisotopic (exact) mass is 450 g/mol. The van der Waals surface area contributed by atoms with Crippen LogP contribution in [0.5, 0.6) is 0 Å². The van der Waals surface area contributed by atoms with Gasteiger partial charge in [0.1, 0.15) is 0 Å². The first kappa shape index (κ1) is 25.3. The molecule has 11 heteroatoms. The summed E-state index contributed by atoms with van der Waals surface area (Å²) in [6.45, 7) is 3.35. The minimum atomic E-state index is -0.410. The lowest BCUT2D eigenvalue weighted by Crippen LogP contribution is -2.39. The first-order valence-corrected chi connectivity index (χ1v) is 10.8. The van der Waals surface area contributed by atoms with Gasteiger partial charge in [0.2, 0.25) is 5.91 Å². The number of amides is 1. The van der Waals surface area contributed by atoms with Crippen molar-refractivity contribution in [2.75, 3.05) is 27.2 Å². The topological polar surface area (TPSA) is 120 Å². The van der Waals surface area contributed by atoms with Crippen molar-refractivity contribution in [1.29, 1.82) is 0 Å². The third-order valence-electron chi connectivity index (χ3n) is 5.21. The number of hydrogen-bond acceptors (Lipinski definition) is 7. The predicted molar refractivity (Wildman–Crippen MR) is 120 cm³/mol. The molecule has 2 heterocycles. The van der Waals surface area contributed by atoms with Crippen molar-refractivity contribution in [2.45, 2.75) is 51.7 Å². The molecule has 0 saturated heterocycles. The Hall–Kier alpha value is -2.95. The number of esters is 1. The van der Waals surface area contributed by atoms with Crippen molar-refractivity contribution < 1.29 is 14.3 Å². The van der Waals surface area contributed by atoms with E-state index in [9.17, 15) is 19.2 Å². The minimum absolute atomic E-state index is 0.0360. The number of carbonyl (C=O) groups excluding carboxylic acids is 2. The zero-order chi connectivity index (χ0) is 23.8. The number of aryl methyl sites for hydroxylation is 2. The third-order valence-corrected chi connectivity index (χ3v) is 5.21. The number of hydrogen-bond donors (Lipinski definition) is 1. The Bertz CT molecular complexity index is 1050. The maximum absolute atomic E-state index is 12.7. The molecule has 0 fully saturated rings. The van der Waals surface area contributed by atoms with Crippen LogP contribution in [0.15, 0.2) is 15.9 Å². The zero-order valence-electron chi connectivity index (χ0n) is 19.6. The fourth-order valence-corrected chi connectivity index (χ4v) is 3.36. The van der Waals surface area contributed by atoms with Gasteiger partial charge in [-0.1, -0.05) is 0 Å². The van der Waals surface area contributed by atoms with E-state index in [-0.39, 0.29) is 37.0 Å². The van der Waals surface area contributed by atoms with Crippen molar-refractivity contribution in [3.05, 3.63) is 27.2 Å². The van der Waals surface area contributed by atoms with Gasteiger partial charge in [0.05, 0.1) is 18.9 Å². The fraction of sp³-hybridized carbons (Fsp3) is 0.667. The van der Waals surface area contributed by atoms with Gasteiger partial charge >= 0.3 is 11.7 Å². The summed E-state index contributed by atoms with van der Waals surface area (Å²) in [4.78, 5) is 54.9. The maximum atomic E-state index is 12.7. The Balaban J connectivity index is 1.75. The van der Waals surface area contributed by atoms with Crippen molar-refractivity contribution in [3.63, 3.8) is 0 Å². The molecule has 0 aromatic carbocycles. The lowest BCUT2D eigenvalue weighted by molar-refractivity contribution is -0.149. The molecular formula is C21H34N6O5. The molecule has 2 aromatic rings. The number of carbonyl (C=O) groups is 2. The predicted octanol–water partition coefficient (Wildman–Crippen LogP) is -0.00630. The number of fused-ring (bicyclic) bond motifs is 1. The number of likely N-dealkylation sites (N-methyl/N-ethyl adjacent to an activating group) is 1. The molecule has 2 aromatic heterocycles. The van der Waals surface area contributed by atoms with E-state index in [1.165, 1.54) is 15.5 Å².